The Balaban J connectivity index is 2.23. The highest BCUT2D eigenvalue weighted by molar-refractivity contribution is 8.10. The molecular formula is C10H8ClNO5S. The van der Waals surface area contributed by atoms with Crippen molar-refractivity contribution >= 4 is 31.8 Å². The lowest BCUT2D eigenvalue weighted by Crippen LogP contribution is -2.30. The third kappa shape index (κ3) is 2.80. The van der Waals surface area contributed by atoms with Gasteiger partial charge in [0.2, 0.25) is 0 Å². The number of halogens is 1. The molecule has 0 unspecified atom stereocenters. The number of carbonyl (C=O) groups is 2. The maximum absolute atomic E-state index is 11.4. The monoisotopic (exact) mass is 289 g/mol. The summed E-state index contributed by atoms with van der Waals surface area (Å²) in [5.74, 6) is -0.916. The lowest BCUT2D eigenvalue weighted by atomic mass is 10.1. The molecule has 6 nitrogen and oxygen atoms in total. The first-order valence-corrected chi connectivity index (χ1v) is 7.21. The first kappa shape index (κ1) is 12.8. The van der Waals surface area contributed by atoms with E-state index >= 15 is 0 Å². The summed E-state index contributed by atoms with van der Waals surface area (Å²) >= 11 is 0. The van der Waals surface area contributed by atoms with Crippen molar-refractivity contribution in [3.63, 3.8) is 0 Å². The van der Waals surface area contributed by atoms with Crippen LogP contribution < -0.4 is 0 Å². The molecule has 1 aliphatic carbocycles. The molecule has 0 aromatic rings. The van der Waals surface area contributed by atoms with Gasteiger partial charge in [0.1, 0.15) is 5.76 Å². The van der Waals surface area contributed by atoms with E-state index in [1.54, 1.807) is 0 Å². The van der Waals surface area contributed by atoms with Gasteiger partial charge in [0.05, 0.1) is 10.7 Å². The molecule has 0 saturated carbocycles. The molecule has 0 bridgehead atoms. The maximum Gasteiger partial charge on any atom is 0.401 e. The zero-order valence-corrected chi connectivity index (χ0v) is 10.6. The highest BCUT2D eigenvalue weighted by Crippen LogP contribution is 2.25. The number of imide groups is 1. The molecule has 18 heavy (non-hydrogen) atoms. The van der Waals surface area contributed by atoms with Crippen molar-refractivity contribution in [1.29, 1.82) is 0 Å². The van der Waals surface area contributed by atoms with Crippen molar-refractivity contribution in [2.24, 2.45) is 0 Å². The Kier molecular flexibility index (Phi) is 3.27. The normalized spacial score (nSPS) is 19.9. The second kappa shape index (κ2) is 4.58. The van der Waals surface area contributed by atoms with E-state index in [-0.39, 0.29) is 5.76 Å². The van der Waals surface area contributed by atoms with Crippen molar-refractivity contribution in [3.8, 4) is 0 Å². The van der Waals surface area contributed by atoms with Crippen molar-refractivity contribution in [1.82, 2.24) is 4.90 Å². The zero-order valence-electron chi connectivity index (χ0n) is 9.00. The number of allylic oxidation sites excluding steroid dienone is 3. The lowest BCUT2D eigenvalue weighted by molar-refractivity contribution is -0.134. The minimum Gasteiger partial charge on any atom is -0.371 e. The van der Waals surface area contributed by atoms with Gasteiger partial charge in [-0.25, -0.2) is 4.90 Å². The van der Waals surface area contributed by atoms with Gasteiger partial charge in [-0.3, -0.25) is 9.59 Å². The van der Waals surface area contributed by atoms with Crippen molar-refractivity contribution in [2.75, 3.05) is 0 Å². The van der Waals surface area contributed by atoms with Crippen molar-refractivity contribution in [3.05, 3.63) is 35.8 Å². The number of amides is 2. The fourth-order valence-electron chi connectivity index (χ4n) is 1.69. The standard InChI is InChI=1S/C10H8ClNO5S/c11-18(15,16)17-8-3-1-2-7(6-8)12-9(13)4-5-10(12)14/h3-6H,1-2H2. The second-order valence-corrected chi connectivity index (χ2v) is 5.69. The number of nitrogens with zero attached hydrogens (tertiary/aromatic N) is 1. The largest absolute Gasteiger partial charge is 0.401 e. The number of hydrogen-bond acceptors (Lipinski definition) is 5. The van der Waals surface area contributed by atoms with Crippen LogP contribution >= 0.6 is 10.7 Å². The molecule has 0 N–H and O–H groups in total. The number of rotatable bonds is 3. The molecule has 0 spiro atoms. The van der Waals surface area contributed by atoms with Crippen LogP contribution in [0, 0.1) is 0 Å². The Morgan fingerprint density at radius 3 is 2.39 bits per heavy atom. The predicted molar refractivity (Wildman–Crippen MR) is 62.3 cm³/mol. The van der Waals surface area contributed by atoms with E-state index in [2.05, 4.69) is 4.18 Å². The summed E-state index contributed by atoms with van der Waals surface area (Å²) in [5.41, 5.74) is 0.382. The summed E-state index contributed by atoms with van der Waals surface area (Å²) in [6, 6.07) is 0. The highest BCUT2D eigenvalue weighted by atomic mass is 35.7. The molecule has 0 atom stereocenters. The van der Waals surface area contributed by atoms with E-state index in [0.29, 0.717) is 18.5 Å². The summed E-state index contributed by atoms with van der Waals surface area (Å²) in [4.78, 5) is 23.9. The van der Waals surface area contributed by atoms with Crippen LogP contribution in [-0.4, -0.2) is 25.1 Å². The van der Waals surface area contributed by atoms with E-state index in [1.165, 1.54) is 12.2 Å². The number of hydrogen-bond donors (Lipinski definition) is 0. The molecule has 0 saturated heterocycles. The smallest absolute Gasteiger partial charge is 0.371 e. The van der Waals surface area contributed by atoms with Crippen LogP contribution in [0.15, 0.2) is 35.8 Å². The molecule has 1 heterocycles. The molecule has 0 radical (unpaired) electrons. The second-order valence-electron chi connectivity index (χ2n) is 3.60. The van der Waals surface area contributed by atoms with Gasteiger partial charge in [0.25, 0.3) is 11.8 Å². The van der Waals surface area contributed by atoms with Crippen molar-refractivity contribution < 1.29 is 22.2 Å². The van der Waals surface area contributed by atoms with E-state index in [1.807, 2.05) is 0 Å². The third-order valence-electron chi connectivity index (χ3n) is 2.35. The maximum atomic E-state index is 11.4. The van der Waals surface area contributed by atoms with Crippen LogP contribution in [-0.2, 0) is 23.1 Å². The van der Waals surface area contributed by atoms with Gasteiger partial charge in [0.15, 0.2) is 0 Å². The Morgan fingerprint density at radius 2 is 1.83 bits per heavy atom. The zero-order chi connectivity index (χ0) is 13.3. The Hall–Kier alpha value is -1.60. The Labute approximate surface area is 108 Å². The first-order chi connectivity index (χ1) is 8.37. The lowest BCUT2D eigenvalue weighted by Gasteiger charge is -2.20. The summed E-state index contributed by atoms with van der Waals surface area (Å²) in [6.45, 7) is 0. The molecule has 2 rings (SSSR count). The average Bonchev–Trinajstić information content (AvgIpc) is 2.56. The SMILES string of the molecule is O=C1C=CC(=O)N1C1=CC(OS(=O)(=O)Cl)=CCC1. The van der Waals surface area contributed by atoms with Gasteiger partial charge >= 0.3 is 9.33 Å². The Bertz CT molecular complexity index is 584. The van der Waals surface area contributed by atoms with Gasteiger partial charge in [-0.1, -0.05) is 0 Å². The van der Waals surface area contributed by atoms with Gasteiger partial charge in [0, 0.05) is 23.9 Å². The molecular weight excluding hydrogens is 282 g/mol. The molecule has 2 aliphatic rings. The molecule has 0 fully saturated rings. The van der Waals surface area contributed by atoms with E-state index in [0.717, 1.165) is 17.1 Å². The van der Waals surface area contributed by atoms with Gasteiger partial charge in [-0.15, -0.1) is 0 Å². The first-order valence-electron chi connectivity index (χ1n) is 4.98. The molecule has 0 aromatic carbocycles. The van der Waals surface area contributed by atoms with E-state index in [4.69, 9.17) is 10.7 Å². The fourth-order valence-corrected chi connectivity index (χ4v) is 2.25. The van der Waals surface area contributed by atoms with E-state index < -0.39 is 21.1 Å². The highest BCUT2D eigenvalue weighted by Gasteiger charge is 2.28. The number of carbonyl (C=O) groups excluding carboxylic acids is 2. The van der Waals surface area contributed by atoms with Crippen molar-refractivity contribution in [2.45, 2.75) is 12.8 Å². The summed E-state index contributed by atoms with van der Waals surface area (Å²) in [7, 11) is 0.809. The summed E-state index contributed by atoms with van der Waals surface area (Å²) in [5, 5.41) is 0. The summed E-state index contributed by atoms with van der Waals surface area (Å²) < 4.78 is 26.0. The third-order valence-corrected chi connectivity index (χ3v) is 2.93. The average molecular weight is 290 g/mol. The van der Waals surface area contributed by atoms with Crippen LogP contribution in [0.2, 0.25) is 0 Å². The Morgan fingerprint density at radius 1 is 1.22 bits per heavy atom. The van der Waals surface area contributed by atoms with Crippen LogP contribution in [0.5, 0.6) is 0 Å². The quantitative estimate of drug-likeness (QED) is 0.571. The topological polar surface area (TPSA) is 80.8 Å². The molecule has 96 valence electrons. The molecule has 0 aromatic heterocycles. The molecule has 1 aliphatic heterocycles. The van der Waals surface area contributed by atoms with Crippen LogP contribution in [0.4, 0.5) is 0 Å². The fraction of sp³-hybridized carbons (Fsp3) is 0.200. The predicted octanol–water partition coefficient (Wildman–Crippen LogP) is 0.973. The van der Waals surface area contributed by atoms with Crippen LogP contribution in [0.3, 0.4) is 0 Å². The minimum atomic E-state index is -4.14. The van der Waals surface area contributed by atoms with Crippen LogP contribution in [0.25, 0.3) is 0 Å². The van der Waals surface area contributed by atoms with Crippen LogP contribution in [0.1, 0.15) is 12.8 Å². The van der Waals surface area contributed by atoms with E-state index in [9.17, 15) is 18.0 Å². The molecule has 2 amide bonds. The van der Waals surface area contributed by atoms with Gasteiger partial charge in [-0.05, 0) is 18.9 Å². The minimum absolute atomic E-state index is 0.00116. The van der Waals surface area contributed by atoms with Gasteiger partial charge < -0.3 is 4.18 Å². The summed E-state index contributed by atoms with van der Waals surface area (Å²) in [6.07, 6.45) is 6.02. The van der Waals surface area contributed by atoms with Gasteiger partial charge in [-0.2, -0.15) is 8.42 Å². The molecule has 8 heteroatoms.